The molecule has 0 spiro atoms. The lowest BCUT2D eigenvalue weighted by atomic mass is 9.70. The zero-order chi connectivity index (χ0) is 12.7. The normalized spacial score (nSPS) is 30.4. The van der Waals surface area contributed by atoms with Gasteiger partial charge in [0.15, 0.2) is 0 Å². The SMILES string of the molecule is c1cc(-c2noc([C@@]34CCCC[C@@H]3NCC4)n2)co1. The summed E-state index contributed by atoms with van der Waals surface area (Å²) >= 11 is 0. The lowest BCUT2D eigenvalue weighted by Crippen LogP contribution is -2.43. The summed E-state index contributed by atoms with van der Waals surface area (Å²) in [6.07, 6.45) is 9.29. The zero-order valence-electron chi connectivity index (χ0n) is 10.8. The number of furan rings is 1. The molecule has 1 N–H and O–H groups in total. The van der Waals surface area contributed by atoms with E-state index in [4.69, 9.17) is 8.94 Å². The molecule has 1 aliphatic carbocycles. The average molecular weight is 259 g/mol. The zero-order valence-corrected chi connectivity index (χ0v) is 10.8. The minimum absolute atomic E-state index is 0.0627. The van der Waals surface area contributed by atoms with Gasteiger partial charge in [0.25, 0.3) is 0 Å². The molecule has 0 unspecified atom stereocenters. The quantitative estimate of drug-likeness (QED) is 0.897. The van der Waals surface area contributed by atoms with Crippen molar-refractivity contribution in [2.75, 3.05) is 6.54 Å². The van der Waals surface area contributed by atoms with Gasteiger partial charge in [-0.15, -0.1) is 0 Å². The summed E-state index contributed by atoms with van der Waals surface area (Å²) in [7, 11) is 0. The third-order valence-electron chi connectivity index (χ3n) is 4.63. The van der Waals surface area contributed by atoms with Crippen molar-refractivity contribution in [2.24, 2.45) is 0 Å². The van der Waals surface area contributed by atoms with Gasteiger partial charge < -0.3 is 14.3 Å². The standard InChI is InChI=1S/C14H17N3O2/c1-2-5-14(6-7-15-11(14)3-1)13-16-12(17-19-13)10-4-8-18-9-10/h4,8-9,11,15H,1-3,5-7H2/t11-,14+/m0/s1. The molecule has 0 aromatic carbocycles. The van der Waals surface area contributed by atoms with E-state index >= 15 is 0 Å². The fourth-order valence-electron chi connectivity index (χ4n) is 3.60. The average Bonchev–Trinajstić information content (AvgIpc) is 3.18. The van der Waals surface area contributed by atoms with Gasteiger partial charge >= 0.3 is 0 Å². The summed E-state index contributed by atoms with van der Waals surface area (Å²) in [5.41, 5.74) is 0.942. The molecule has 19 heavy (non-hydrogen) atoms. The molecular weight excluding hydrogens is 242 g/mol. The predicted octanol–water partition coefficient (Wildman–Crippen LogP) is 2.50. The molecule has 1 saturated heterocycles. The minimum Gasteiger partial charge on any atom is -0.472 e. The molecule has 2 aromatic rings. The molecule has 0 bridgehead atoms. The fourth-order valence-corrected chi connectivity index (χ4v) is 3.60. The lowest BCUT2D eigenvalue weighted by molar-refractivity contribution is 0.199. The monoisotopic (exact) mass is 259 g/mol. The number of rotatable bonds is 2. The van der Waals surface area contributed by atoms with Crippen molar-refractivity contribution < 1.29 is 8.94 Å². The van der Waals surface area contributed by atoms with Gasteiger partial charge in [-0.3, -0.25) is 0 Å². The Balaban J connectivity index is 1.72. The molecule has 2 atom stereocenters. The first kappa shape index (κ1) is 11.2. The summed E-state index contributed by atoms with van der Waals surface area (Å²) in [6.45, 7) is 1.05. The van der Waals surface area contributed by atoms with Crippen molar-refractivity contribution in [3.8, 4) is 11.4 Å². The van der Waals surface area contributed by atoms with E-state index in [1.807, 2.05) is 6.07 Å². The van der Waals surface area contributed by atoms with Gasteiger partial charge in [0.05, 0.1) is 17.2 Å². The van der Waals surface area contributed by atoms with Gasteiger partial charge in [-0.25, -0.2) is 0 Å². The van der Waals surface area contributed by atoms with Crippen molar-refractivity contribution in [1.82, 2.24) is 15.5 Å². The van der Waals surface area contributed by atoms with Crippen molar-refractivity contribution >= 4 is 0 Å². The molecule has 1 aliphatic heterocycles. The third-order valence-corrected chi connectivity index (χ3v) is 4.63. The van der Waals surface area contributed by atoms with Crippen LogP contribution in [0.1, 0.15) is 38.0 Å². The Morgan fingerprint density at radius 1 is 1.32 bits per heavy atom. The van der Waals surface area contributed by atoms with Crippen LogP contribution in [0.25, 0.3) is 11.4 Å². The fraction of sp³-hybridized carbons (Fsp3) is 0.571. The second kappa shape index (κ2) is 4.20. The molecule has 3 heterocycles. The highest BCUT2D eigenvalue weighted by molar-refractivity contribution is 5.51. The summed E-state index contributed by atoms with van der Waals surface area (Å²) in [5.74, 6) is 1.44. The van der Waals surface area contributed by atoms with Crippen LogP contribution in [-0.2, 0) is 5.41 Å². The number of nitrogens with one attached hydrogen (secondary N) is 1. The molecule has 2 aliphatic rings. The van der Waals surface area contributed by atoms with E-state index in [9.17, 15) is 0 Å². The Morgan fingerprint density at radius 3 is 3.21 bits per heavy atom. The third kappa shape index (κ3) is 1.64. The first-order valence-electron chi connectivity index (χ1n) is 6.99. The largest absolute Gasteiger partial charge is 0.472 e. The number of hydrogen-bond acceptors (Lipinski definition) is 5. The molecule has 100 valence electrons. The van der Waals surface area contributed by atoms with Crippen LogP contribution in [-0.4, -0.2) is 22.7 Å². The number of aromatic nitrogens is 2. The van der Waals surface area contributed by atoms with Gasteiger partial charge in [-0.05, 0) is 31.9 Å². The van der Waals surface area contributed by atoms with Gasteiger partial charge in [0.1, 0.15) is 6.26 Å². The number of nitrogens with zero attached hydrogens (tertiary/aromatic N) is 2. The van der Waals surface area contributed by atoms with E-state index < -0.39 is 0 Å². The maximum absolute atomic E-state index is 5.59. The van der Waals surface area contributed by atoms with Crippen LogP contribution in [0.4, 0.5) is 0 Å². The molecule has 0 amide bonds. The van der Waals surface area contributed by atoms with Crippen LogP contribution in [0.3, 0.4) is 0 Å². The molecule has 0 radical (unpaired) electrons. The molecule has 2 fully saturated rings. The second-order valence-electron chi connectivity index (χ2n) is 5.59. The van der Waals surface area contributed by atoms with Crippen LogP contribution in [0.5, 0.6) is 0 Å². The van der Waals surface area contributed by atoms with Crippen molar-refractivity contribution in [1.29, 1.82) is 0 Å². The van der Waals surface area contributed by atoms with Gasteiger partial charge in [0, 0.05) is 6.04 Å². The summed E-state index contributed by atoms with van der Waals surface area (Å²) < 4.78 is 10.7. The molecule has 1 saturated carbocycles. The number of hydrogen-bond donors (Lipinski definition) is 1. The lowest BCUT2D eigenvalue weighted by Gasteiger charge is -2.35. The first-order chi connectivity index (χ1) is 9.38. The maximum Gasteiger partial charge on any atom is 0.234 e. The summed E-state index contributed by atoms with van der Waals surface area (Å²) in [4.78, 5) is 4.63. The van der Waals surface area contributed by atoms with Crippen LogP contribution in [0, 0.1) is 0 Å². The topological polar surface area (TPSA) is 64.1 Å². The van der Waals surface area contributed by atoms with E-state index in [1.54, 1.807) is 12.5 Å². The Kier molecular flexibility index (Phi) is 2.48. The highest BCUT2D eigenvalue weighted by Gasteiger charge is 2.49. The van der Waals surface area contributed by atoms with E-state index in [-0.39, 0.29) is 5.41 Å². The molecule has 5 heteroatoms. The Labute approximate surface area is 111 Å². The molecule has 2 aromatic heterocycles. The van der Waals surface area contributed by atoms with Crippen LogP contribution in [0.15, 0.2) is 27.5 Å². The van der Waals surface area contributed by atoms with E-state index in [0.717, 1.165) is 30.8 Å². The highest BCUT2D eigenvalue weighted by atomic mass is 16.5. The minimum atomic E-state index is 0.0627. The highest BCUT2D eigenvalue weighted by Crippen LogP contribution is 2.44. The van der Waals surface area contributed by atoms with Gasteiger partial charge in [0.2, 0.25) is 11.7 Å². The first-order valence-corrected chi connectivity index (χ1v) is 6.99. The molecule has 5 nitrogen and oxygen atoms in total. The van der Waals surface area contributed by atoms with Crippen LogP contribution < -0.4 is 5.32 Å². The van der Waals surface area contributed by atoms with Crippen LogP contribution >= 0.6 is 0 Å². The molecular formula is C14H17N3O2. The predicted molar refractivity (Wildman–Crippen MR) is 68.6 cm³/mol. The second-order valence-corrected chi connectivity index (χ2v) is 5.59. The van der Waals surface area contributed by atoms with Crippen molar-refractivity contribution in [2.45, 2.75) is 43.6 Å². The van der Waals surface area contributed by atoms with E-state index in [1.165, 1.54) is 19.3 Å². The summed E-state index contributed by atoms with van der Waals surface area (Å²) in [6, 6.07) is 2.36. The Bertz CT molecular complexity index is 563. The Hall–Kier alpha value is -1.62. The van der Waals surface area contributed by atoms with Crippen LogP contribution in [0.2, 0.25) is 0 Å². The van der Waals surface area contributed by atoms with E-state index in [2.05, 4.69) is 15.5 Å². The maximum atomic E-state index is 5.59. The van der Waals surface area contributed by atoms with E-state index in [0.29, 0.717) is 11.9 Å². The summed E-state index contributed by atoms with van der Waals surface area (Å²) in [5, 5.41) is 7.71. The number of fused-ring (bicyclic) bond motifs is 1. The smallest absolute Gasteiger partial charge is 0.234 e. The molecule has 4 rings (SSSR count). The van der Waals surface area contributed by atoms with Gasteiger partial charge in [-0.2, -0.15) is 4.98 Å². The van der Waals surface area contributed by atoms with Crippen molar-refractivity contribution in [3.63, 3.8) is 0 Å². The Morgan fingerprint density at radius 2 is 2.32 bits per heavy atom. The van der Waals surface area contributed by atoms with Crippen molar-refractivity contribution in [3.05, 3.63) is 24.5 Å². The van der Waals surface area contributed by atoms with Gasteiger partial charge in [-0.1, -0.05) is 18.0 Å².